The number of nitrogens with zero attached hydrogens (tertiary/aromatic N) is 3. The molecule has 1 aromatic carbocycles. The summed E-state index contributed by atoms with van der Waals surface area (Å²) in [5.74, 6) is 0.555. The van der Waals surface area contributed by atoms with E-state index < -0.39 is 11.0 Å². The lowest BCUT2D eigenvalue weighted by molar-refractivity contribution is -0.384. The van der Waals surface area contributed by atoms with Crippen molar-refractivity contribution in [1.29, 1.82) is 0 Å². The van der Waals surface area contributed by atoms with Crippen LogP contribution in [0, 0.1) is 10.1 Å². The summed E-state index contributed by atoms with van der Waals surface area (Å²) in [5, 5.41) is 16.5. The first kappa shape index (κ1) is 13.4. The molecule has 2 N–H and O–H groups in total. The highest BCUT2D eigenvalue weighted by atomic mass is 32.1. The second kappa shape index (κ2) is 5.43. The number of nitro benzene ring substituents is 1. The summed E-state index contributed by atoms with van der Waals surface area (Å²) in [6, 6.07) is 9.32. The quantitative estimate of drug-likeness (QED) is 0.586. The SMILES string of the molecule is NC(c1nc(-c2cccc([N+](=O)[O-])c2)no1)c1cccs1. The van der Waals surface area contributed by atoms with Crippen LogP contribution >= 0.6 is 11.3 Å². The van der Waals surface area contributed by atoms with Crippen molar-refractivity contribution in [2.45, 2.75) is 6.04 Å². The number of aromatic nitrogens is 2. The molecule has 0 spiro atoms. The average Bonchev–Trinajstić information content (AvgIpc) is 3.18. The first-order chi connectivity index (χ1) is 10.1. The van der Waals surface area contributed by atoms with Crippen molar-refractivity contribution in [3.63, 3.8) is 0 Å². The molecule has 2 aromatic heterocycles. The van der Waals surface area contributed by atoms with Crippen LogP contribution in [-0.2, 0) is 0 Å². The zero-order chi connectivity index (χ0) is 14.8. The summed E-state index contributed by atoms with van der Waals surface area (Å²) in [7, 11) is 0. The molecule has 0 aliphatic carbocycles. The van der Waals surface area contributed by atoms with Gasteiger partial charge in [-0.2, -0.15) is 4.98 Å². The third kappa shape index (κ3) is 2.67. The Bertz CT molecular complexity index is 769. The van der Waals surface area contributed by atoms with Gasteiger partial charge in [-0.25, -0.2) is 0 Å². The Hall–Kier alpha value is -2.58. The van der Waals surface area contributed by atoms with Crippen molar-refractivity contribution in [1.82, 2.24) is 10.1 Å². The minimum atomic E-state index is -0.495. The predicted molar refractivity (Wildman–Crippen MR) is 76.7 cm³/mol. The summed E-state index contributed by atoms with van der Waals surface area (Å²) >= 11 is 1.50. The van der Waals surface area contributed by atoms with Gasteiger partial charge in [-0.1, -0.05) is 23.4 Å². The molecule has 0 saturated carbocycles. The van der Waals surface area contributed by atoms with E-state index >= 15 is 0 Å². The molecule has 8 heteroatoms. The van der Waals surface area contributed by atoms with Crippen LogP contribution in [0.4, 0.5) is 5.69 Å². The normalized spacial score (nSPS) is 12.2. The van der Waals surface area contributed by atoms with Crippen LogP contribution in [0.3, 0.4) is 0 Å². The van der Waals surface area contributed by atoms with E-state index in [0.29, 0.717) is 5.56 Å². The maximum atomic E-state index is 10.8. The molecule has 1 atom stereocenters. The summed E-state index contributed by atoms with van der Waals surface area (Å²) < 4.78 is 5.16. The maximum Gasteiger partial charge on any atom is 0.270 e. The van der Waals surface area contributed by atoms with Crippen molar-refractivity contribution in [3.8, 4) is 11.4 Å². The third-order valence-corrected chi connectivity index (χ3v) is 3.83. The van der Waals surface area contributed by atoms with E-state index in [1.54, 1.807) is 12.1 Å². The molecule has 21 heavy (non-hydrogen) atoms. The van der Waals surface area contributed by atoms with E-state index in [9.17, 15) is 10.1 Å². The van der Waals surface area contributed by atoms with Crippen LogP contribution in [0.2, 0.25) is 0 Å². The lowest BCUT2D eigenvalue weighted by atomic mass is 10.2. The minimum Gasteiger partial charge on any atom is -0.337 e. The Morgan fingerprint density at radius 3 is 2.90 bits per heavy atom. The van der Waals surface area contributed by atoms with Gasteiger partial charge < -0.3 is 10.3 Å². The molecule has 7 nitrogen and oxygen atoms in total. The van der Waals surface area contributed by atoms with Crippen LogP contribution < -0.4 is 5.73 Å². The number of hydrogen-bond acceptors (Lipinski definition) is 7. The van der Waals surface area contributed by atoms with Crippen molar-refractivity contribution >= 4 is 17.0 Å². The molecule has 0 fully saturated rings. The number of thiophene rings is 1. The van der Waals surface area contributed by atoms with E-state index in [0.717, 1.165) is 4.88 Å². The van der Waals surface area contributed by atoms with Gasteiger partial charge in [0.05, 0.1) is 4.92 Å². The Morgan fingerprint density at radius 2 is 2.19 bits per heavy atom. The van der Waals surface area contributed by atoms with Crippen LogP contribution in [-0.4, -0.2) is 15.1 Å². The molecule has 3 aromatic rings. The van der Waals surface area contributed by atoms with Crippen molar-refractivity contribution in [2.24, 2.45) is 5.73 Å². The van der Waals surface area contributed by atoms with Gasteiger partial charge in [0, 0.05) is 22.6 Å². The molecule has 1 unspecified atom stereocenters. The number of non-ortho nitro benzene ring substituents is 1. The lowest BCUT2D eigenvalue weighted by Crippen LogP contribution is -2.10. The standard InChI is InChI=1S/C13H10N4O3S/c14-11(10-5-2-6-21-10)13-15-12(16-20-13)8-3-1-4-9(7-8)17(18)19/h1-7,11H,14H2. The maximum absolute atomic E-state index is 10.8. The van der Waals surface area contributed by atoms with E-state index in [2.05, 4.69) is 10.1 Å². The van der Waals surface area contributed by atoms with Gasteiger partial charge >= 0.3 is 0 Å². The Kier molecular flexibility index (Phi) is 3.46. The van der Waals surface area contributed by atoms with Gasteiger partial charge in [0.15, 0.2) is 0 Å². The fourth-order valence-corrected chi connectivity index (χ4v) is 2.55. The van der Waals surface area contributed by atoms with E-state index in [1.807, 2.05) is 17.5 Å². The Balaban J connectivity index is 1.91. The highest BCUT2D eigenvalue weighted by Gasteiger charge is 2.19. The molecule has 0 saturated heterocycles. The predicted octanol–water partition coefficient (Wildman–Crippen LogP) is 2.75. The van der Waals surface area contributed by atoms with E-state index in [-0.39, 0.29) is 17.4 Å². The van der Waals surface area contributed by atoms with Crippen molar-refractivity contribution < 1.29 is 9.45 Å². The van der Waals surface area contributed by atoms with Gasteiger partial charge in [-0.15, -0.1) is 11.3 Å². The molecule has 0 aliphatic heterocycles. The van der Waals surface area contributed by atoms with Crippen LogP contribution in [0.5, 0.6) is 0 Å². The highest BCUT2D eigenvalue weighted by molar-refractivity contribution is 7.10. The second-order valence-electron chi connectivity index (χ2n) is 4.26. The van der Waals surface area contributed by atoms with Gasteiger partial charge in [0.2, 0.25) is 11.7 Å². The van der Waals surface area contributed by atoms with Crippen LogP contribution in [0.1, 0.15) is 16.8 Å². The average molecular weight is 302 g/mol. The largest absolute Gasteiger partial charge is 0.337 e. The lowest BCUT2D eigenvalue weighted by Gasteiger charge is -2.01. The molecule has 3 rings (SSSR count). The number of hydrogen-bond donors (Lipinski definition) is 1. The molecule has 2 heterocycles. The van der Waals surface area contributed by atoms with Gasteiger partial charge in [0.25, 0.3) is 5.69 Å². The topological polar surface area (TPSA) is 108 Å². The first-order valence-electron chi connectivity index (χ1n) is 6.02. The highest BCUT2D eigenvalue weighted by Crippen LogP contribution is 2.26. The smallest absolute Gasteiger partial charge is 0.270 e. The molecule has 106 valence electrons. The zero-order valence-electron chi connectivity index (χ0n) is 10.7. The Labute approximate surface area is 123 Å². The number of nitro groups is 1. The number of benzene rings is 1. The molecule has 0 bridgehead atoms. The molecular formula is C13H10N4O3S. The zero-order valence-corrected chi connectivity index (χ0v) is 11.5. The second-order valence-corrected chi connectivity index (χ2v) is 5.24. The van der Waals surface area contributed by atoms with Gasteiger partial charge in [-0.05, 0) is 11.4 Å². The number of nitrogens with two attached hydrogens (primary N) is 1. The molecule has 0 aliphatic rings. The molecule has 0 amide bonds. The molecule has 0 radical (unpaired) electrons. The fraction of sp³-hybridized carbons (Fsp3) is 0.0769. The van der Waals surface area contributed by atoms with E-state index in [4.69, 9.17) is 10.3 Å². The first-order valence-corrected chi connectivity index (χ1v) is 6.90. The van der Waals surface area contributed by atoms with Crippen molar-refractivity contribution in [2.75, 3.05) is 0 Å². The summed E-state index contributed by atoms with van der Waals surface area (Å²) in [5.41, 5.74) is 6.52. The summed E-state index contributed by atoms with van der Waals surface area (Å²) in [6.07, 6.45) is 0. The minimum absolute atomic E-state index is 0.0265. The van der Waals surface area contributed by atoms with Gasteiger partial charge in [-0.3, -0.25) is 10.1 Å². The van der Waals surface area contributed by atoms with Gasteiger partial charge in [0.1, 0.15) is 6.04 Å². The van der Waals surface area contributed by atoms with E-state index in [1.165, 1.54) is 23.5 Å². The Morgan fingerprint density at radius 1 is 1.33 bits per heavy atom. The fourth-order valence-electron chi connectivity index (χ4n) is 1.83. The summed E-state index contributed by atoms with van der Waals surface area (Å²) in [4.78, 5) is 15.4. The summed E-state index contributed by atoms with van der Waals surface area (Å²) in [6.45, 7) is 0. The van der Waals surface area contributed by atoms with Crippen LogP contribution in [0.15, 0.2) is 46.3 Å². The van der Waals surface area contributed by atoms with Crippen molar-refractivity contribution in [3.05, 3.63) is 62.7 Å². The number of rotatable bonds is 4. The third-order valence-electron chi connectivity index (χ3n) is 2.87. The van der Waals surface area contributed by atoms with Crippen LogP contribution in [0.25, 0.3) is 11.4 Å². The molecular weight excluding hydrogens is 292 g/mol. The monoisotopic (exact) mass is 302 g/mol.